The summed E-state index contributed by atoms with van der Waals surface area (Å²) in [5.74, 6) is 1.41. The second-order valence-electron chi connectivity index (χ2n) is 10.7. The van der Waals surface area contributed by atoms with E-state index in [2.05, 4.69) is 47.6 Å². The molecule has 4 heterocycles. The van der Waals surface area contributed by atoms with Gasteiger partial charge in [0, 0.05) is 46.1 Å². The monoisotopic (exact) mass is 562 g/mol. The number of ether oxygens (including phenoxy) is 3. The number of fused-ring (bicyclic) bond motifs is 3. The van der Waals surface area contributed by atoms with Crippen LogP contribution >= 0.6 is 23.4 Å². The maximum absolute atomic E-state index is 13.6. The van der Waals surface area contributed by atoms with Gasteiger partial charge in [-0.25, -0.2) is 0 Å². The Labute approximate surface area is 238 Å². The summed E-state index contributed by atoms with van der Waals surface area (Å²) in [5, 5.41) is 0.735. The van der Waals surface area contributed by atoms with Gasteiger partial charge in [-0.2, -0.15) is 0 Å². The van der Waals surface area contributed by atoms with Gasteiger partial charge in [0.15, 0.2) is 17.7 Å². The predicted octanol–water partition coefficient (Wildman–Crippen LogP) is 6.43. The molecule has 202 valence electrons. The van der Waals surface area contributed by atoms with Crippen LogP contribution in [0.15, 0.2) is 71.6 Å². The average Bonchev–Trinajstić information content (AvgIpc) is 3.77. The second-order valence-corrected chi connectivity index (χ2v) is 12.1. The number of anilines is 1. The van der Waals surface area contributed by atoms with E-state index in [-0.39, 0.29) is 29.7 Å². The smallest absolute Gasteiger partial charge is 0.253 e. The fraction of sp³-hybridized carbons (Fsp3) is 0.387. The van der Waals surface area contributed by atoms with Gasteiger partial charge in [0.25, 0.3) is 5.91 Å². The molecule has 3 fully saturated rings. The molecule has 1 amide bonds. The number of thioether (sulfide) groups is 1. The van der Waals surface area contributed by atoms with Crippen molar-refractivity contribution in [1.29, 1.82) is 0 Å². The van der Waals surface area contributed by atoms with Crippen molar-refractivity contribution in [3.8, 4) is 11.5 Å². The molecule has 0 aromatic heterocycles. The van der Waals surface area contributed by atoms with Crippen molar-refractivity contribution in [1.82, 2.24) is 4.90 Å². The molecule has 3 atom stereocenters. The number of amides is 1. The summed E-state index contributed by atoms with van der Waals surface area (Å²) in [7, 11) is 0. The first-order valence-electron chi connectivity index (χ1n) is 13.6. The normalized spacial score (nSPS) is 24.8. The Morgan fingerprint density at radius 2 is 1.67 bits per heavy atom. The Kier molecular flexibility index (Phi) is 6.41. The molecule has 3 saturated heterocycles. The highest BCUT2D eigenvalue weighted by molar-refractivity contribution is 7.98. The lowest BCUT2D eigenvalue weighted by molar-refractivity contribution is 0.0370. The molecule has 0 radical (unpaired) electrons. The maximum Gasteiger partial charge on any atom is 0.253 e. The Morgan fingerprint density at radius 1 is 0.949 bits per heavy atom. The third-order valence-corrected chi connectivity index (χ3v) is 9.66. The van der Waals surface area contributed by atoms with Crippen LogP contribution < -0.4 is 14.4 Å². The molecule has 3 aromatic rings. The van der Waals surface area contributed by atoms with Crippen LogP contribution in [0.4, 0.5) is 5.69 Å². The molecule has 39 heavy (non-hydrogen) atoms. The summed E-state index contributed by atoms with van der Waals surface area (Å²) < 4.78 is 17.9. The number of halogens is 1. The minimum absolute atomic E-state index is 0.0410. The molecule has 3 aromatic carbocycles. The van der Waals surface area contributed by atoms with E-state index in [1.807, 2.05) is 35.2 Å². The number of piperidine rings is 1. The van der Waals surface area contributed by atoms with Crippen LogP contribution in [-0.2, 0) is 4.74 Å². The molecule has 0 aliphatic carbocycles. The van der Waals surface area contributed by atoms with Gasteiger partial charge in [0.1, 0.15) is 6.10 Å². The SMILES string of the molecule is CSc1ccc(N2C3OC3C3(CCN(C(=O)c4ccc5c(c4)OCCCO5)CC3)C2c2ccc(Cl)cc2)cc1. The second kappa shape index (κ2) is 9.95. The number of hydrogen-bond donors (Lipinski definition) is 0. The van der Waals surface area contributed by atoms with Crippen molar-refractivity contribution in [3.05, 3.63) is 82.9 Å². The topological polar surface area (TPSA) is 54.5 Å². The zero-order valence-corrected chi connectivity index (χ0v) is 23.4. The lowest BCUT2D eigenvalue weighted by atomic mass is 9.69. The number of likely N-dealkylation sites (tertiary alicyclic amines) is 1. The molecule has 4 aliphatic heterocycles. The molecule has 7 rings (SSSR count). The van der Waals surface area contributed by atoms with Crippen molar-refractivity contribution in [2.45, 2.75) is 42.5 Å². The number of carbonyl (C=O) groups is 1. The Bertz CT molecular complexity index is 1370. The lowest BCUT2D eigenvalue weighted by Gasteiger charge is -2.46. The van der Waals surface area contributed by atoms with Crippen LogP contribution in [0.25, 0.3) is 0 Å². The molecule has 0 saturated carbocycles. The molecular weight excluding hydrogens is 532 g/mol. The quantitative estimate of drug-likeness (QED) is 0.270. The van der Waals surface area contributed by atoms with Gasteiger partial charge in [0.2, 0.25) is 0 Å². The van der Waals surface area contributed by atoms with Crippen LogP contribution in [0.5, 0.6) is 11.5 Å². The largest absolute Gasteiger partial charge is 0.490 e. The Hall–Kier alpha value is -2.87. The van der Waals surface area contributed by atoms with E-state index in [0.717, 1.165) is 24.3 Å². The molecule has 0 N–H and O–H groups in total. The van der Waals surface area contributed by atoms with E-state index in [0.29, 0.717) is 43.4 Å². The van der Waals surface area contributed by atoms with Gasteiger partial charge in [-0.15, -0.1) is 11.8 Å². The molecule has 1 spiro atoms. The Balaban J connectivity index is 1.16. The molecule has 0 bridgehead atoms. The summed E-state index contributed by atoms with van der Waals surface area (Å²) >= 11 is 8.03. The first-order valence-corrected chi connectivity index (χ1v) is 15.2. The zero-order chi connectivity index (χ0) is 26.6. The average molecular weight is 563 g/mol. The van der Waals surface area contributed by atoms with Gasteiger partial charge in [-0.3, -0.25) is 4.79 Å². The summed E-state index contributed by atoms with van der Waals surface area (Å²) in [6, 6.07) is 22.7. The van der Waals surface area contributed by atoms with Crippen molar-refractivity contribution in [2.75, 3.05) is 37.5 Å². The van der Waals surface area contributed by atoms with E-state index in [9.17, 15) is 4.79 Å². The molecular formula is C31H31ClN2O4S. The van der Waals surface area contributed by atoms with E-state index >= 15 is 0 Å². The van der Waals surface area contributed by atoms with E-state index in [4.69, 9.17) is 25.8 Å². The van der Waals surface area contributed by atoms with Gasteiger partial charge >= 0.3 is 0 Å². The number of epoxide rings is 1. The third-order valence-electron chi connectivity index (χ3n) is 8.66. The summed E-state index contributed by atoms with van der Waals surface area (Å²) in [4.78, 5) is 19.3. The van der Waals surface area contributed by atoms with Crippen molar-refractivity contribution in [3.63, 3.8) is 0 Å². The number of hydrogen-bond acceptors (Lipinski definition) is 6. The highest BCUT2D eigenvalue weighted by atomic mass is 35.5. The van der Waals surface area contributed by atoms with Crippen LogP contribution in [0.1, 0.15) is 41.2 Å². The van der Waals surface area contributed by atoms with Crippen LogP contribution in [0.2, 0.25) is 5.02 Å². The maximum atomic E-state index is 13.6. The summed E-state index contributed by atoms with van der Waals surface area (Å²) in [6.07, 6.45) is 4.87. The molecule has 6 nitrogen and oxygen atoms in total. The van der Waals surface area contributed by atoms with E-state index in [1.54, 1.807) is 11.8 Å². The molecule has 3 unspecified atom stereocenters. The number of nitrogens with zero attached hydrogens (tertiary/aromatic N) is 2. The van der Waals surface area contributed by atoms with Crippen LogP contribution in [0, 0.1) is 5.41 Å². The molecule has 8 heteroatoms. The fourth-order valence-corrected chi connectivity index (χ4v) is 7.20. The highest BCUT2D eigenvalue weighted by Crippen LogP contribution is 2.64. The zero-order valence-electron chi connectivity index (χ0n) is 21.8. The summed E-state index contributed by atoms with van der Waals surface area (Å²) in [6.45, 7) is 2.60. The standard InChI is InChI=1S/C31H31ClN2O4S/c1-39-24-10-8-23(9-11-24)34-27(20-3-6-22(32)7-4-20)31(28-30(34)38-28)13-15-33(16-14-31)29(35)21-5-12-25-26(19-21)37-18-2-17-36-25/h3-12,19,27-28,30H,2,13-18H2,1H3. The number of rotatable bonds is 4. The van der Waals surface area contributed by atoms with Gasteiger partial charge in [-0.1, -0.05) is 23.7 Å². The predicted molar refractivity (Wildman–Crippen MR) is 153 cm³/mol. The van der Waals surface area contributed by atoms with Crippen LogP contribution in [-0.4, -0.2) is 55.7 Å². The van der Waals surface area contributed by atoms with Crippen molar-refractivity contribution >= 4 is 35.0 Å². The third kappa shape index (κ3) is 4.35. The van der Waals surface area contributed by atoms with Crippen LogP contribution in [0.3, 0.4) is 0 Å². The number of benzene rings is 3. The van der Waals surface area contributed by atoms with Crippen molar-refractivity contribution in [2.24, 2.45) is 5.41 Å². The first-order chi connectivity index (χ1) is 19.1. The first kappa shape index (κ1) is 25.1. The van der Waals surface area contributed by atoms with Gasteiger partial charge in [-0.05, 0) is 79.3 Å². The minimum Gasteiger partial charge on any atom is -0.490 e. The van der Waals surface area contributed by atoms with E-state index < -0.39 is 0 Å². The van der Waals surface area contributed by atoms with Gasteiger partial charge < -0.3 is 24.0 Å². The van der Waals surface area contributed by atoms with E-state index in [1.165, 1.54) is 16.1 Å². The molecule has 4 aliphatic rings. The Morgan fingerprint density at radius 3 is 2.38 bits per heavy atom. The lowest BCUT2D eigenvalue weighted by Crippen LogP contribution is -2.48. The highest BCUT2D eigenvalue weighted by Gasteiger charge is 2.69. The van der Waals surface area contributed by atoms with Crippen molar-refractivity contribution < 1.29 is 19.0 Å². The minimum atomic E-state index is -0.0851. The van der Waals surface area contributed by atoms with Gasteiger partial charge in [0.05, 0.1) is 19.3 Å². The summed E-state index contributed by atoms with van der Waals surface area (Å²) in [5.41, 5.74) is 2.97. The number of carbonyl (C=O) groups excluding carboxylic acids is 1. The fourth-order valence-electron chi connectivity index (χ4n) is 6.67.